The summed E-state index contributed by atoms with van der Waals surface area (Å²) in [7, 11) is 1.36. The Hall–Kier alpha value is -2.53. The number of carbonyl (C=O) groups is 1. The molecule has 0 unspecified atom stereocenters. The van der Waals surface area contributed by atoms with E-state index in [9.17, 15) is 4.79 Å². The van der Waals surface area contributed by atoms with E-state index < -0.39 is 0 Å². The molecule has 0 amide bonds. The van der Waals surface area contributed by atoms with Gasteiger partial charge in [0, 0.05) is 17.8 Å². The maximum Gasteiger partial charge on any atom is 0.337 e. The number of hydrazine groups is 1. The molecule has 0 heterocycles. The van der Waals surface area contributed by atoms with Crippen LogP contribution in [0.2, 0.25) is 0 Å². The van der Waals surface area contributed by atoms with E-state index in [1.807, 2.05) is 43.3 Å². The Morgan fingerprint density at radius 1 is 1.14 bits per heavy atom. The Morgan fingerprint density at radius 3 is 2.59 bits per heavy atom. The summed E-state index contributed by atoms with van der Waals surface area (Å²) in [5.41, 5.74) is 8.66. The average Bonchev–Trinajstić information content (AvgIpc) is 2.56. The number of hydrogen-bond donors (Lipinski definition) is 2. The molecule has 2 aromatic rings. The molecule has 0 aromatic heterocycles. The highest BCUT2D eigenvalue weighted by atomic mass is 16.5. The van der Waals surface area contributed by atoms with Crippen LogP contribution < -0.4 is 15.6 Å². The first-order chi connectivity index (χ1) is 10.7. The van der Waals surface area contributed by atoms with E-state index >= 15 is 0 Å². The summed E-state index contributed by atoms with van der Waals surface area (Å²) in [5.74, 6) is 0.302. The highest BCUT2D eigenvalue weighted by Gasteiger charge is 2.10. The molecule has 0 aliphatic carbocycles. The van der Waals surface area contributed by atoms with Gasteiger partial charge in [0.1, 0.15) is 5.75 Å². The number of esters is 1. The second-order valence-electron chi connectivity index (χ2n) is 4.59. The third-order valence-electron chi connectivity index (χ3n) is 3.07. The molecule has 0 aliphatic heterocycles. The maximum absolute atomic E-state index is 11.6. The zero-order valence-corrected chi connectivity index (χ0v) is 12.8. The SMILES string of the molecule is CCOc1cc(C(=O)OC)ccc1CNNc1ccccc1. The number of para-hydroxylation sites is 1. The van der Waals surface area contributed by atoms with Crippen LogP contribution in [0.1, 0.15) is 22.8 Å². The quantitative estimate of drug-likeness (QED) is 0.608. The molecule has 0 saturated carbocycles. The normalized spacial score (nSPS) is 10.1. The summed E-state index contributed by atoms with van der Waals surface area (Å²) in [6.45, 7) is 3.00. The van der Waals surface area contributed by atoms with Gasteiger partial charge in [-0.05, 0) is 31.2 Å². The molecular formula is C17H20N2O3. The van der Waals surface area contributed by atoms with Crippen LogP contribution in [0.4, 0.5) is 5.69 Å². The predicted octanol–water partition coefficient (Wildman–Crippen LogP) is 2.99. The third kappa shape index (κ3) is 4.23. The van der Waals surface area contributed by atoms with Gasteiger partial charge >= 0.3 is 5.97 Å². The minimum atomic E-state index is -0.372. The van der Waals surface area contributed by atoms with Gasteiger partial charge in [0.2, 0.25) is 0 Å². The van der Waals surface area contributed by atoms with Crippen molar-refractivity contribution in [3.05, 3.63) is 59.7 Å². The number of rotatable bonds is 7. The van der Waals surface area contributed by atoms with E-state index in [0.717, 1.165) is 11.3 Å². The molecule has 22 heavy (non-hydrogen) atoms. The summed E-state index contributed by atoms with van der Waals surface area (Å²) in [4.78, 5) is 11.6. The zero-order valence-electron chi connectivity index (χ0n) is 12.8. The summed E-state index contributed by atoms with van der Waals surface area (Å²) < 4.78 is 10.3. The minimum absolute atomic E-state index is 0.372. The highest BCUT2D eigenvalue weighted by molar-refractivity contribution is 5.89. The molecule has 2 N–H and O–H groups in total. The molecule has 0 bridgehead atoms. The number of carbonyl (C=O) groups excluding carboxylic acids is 1. The Morgan fingerprint density at radius 2 is 1.91 bits per heavy atom. The molecule has 2 aromatic carbocycles. The van der Waals surface area contributed by atoms with E-state index in [-0.39, 0.29) is 5.97 Å². The Kier molecular flexibility index (Phi) is 5.80. The topological polar surface area (TPSA) is 59.6 Å². The molecule has 0 spiro atoms. The summed E-state index contributed by atoms with van der Waals surface area (Å²) in [6.07, 6.45) is 0. The van der Waals surface area contributed by atoms with E-state index in [1.165, 1.54) is 7.11 Å². The van der Waals surface area contributed by atoms with Gasteiger partial charge in [-0.25, -0.2) is 10.2 Å². The van der Waals surface area contributed by atoms with Crippen molar-refractivity contribution in [1.29, 1.82) is 0 Å². The molecular weight excluding hydrogens is 280 g/mol. The number of ether oxygens (including phenoxy) is 2. The Labute approximate surface area is 130 Å². The van der Waals surface area contributed by atoms with Crippen molar-refractivity contribution >= 4 is 11.7 Å². The minimum Gasteiger partial charge on any atom is -0.494 e. The lowest BCUT2D eigenvalue weighted by Gasteiger charge is -2.13. The predicted molar refractivity (Wildman–Crippen MR) is 85.9 cm³/mol. The maximum atomic E-state index is 11.6. The average molecular weight is 300 g/mol. The molecule has 0 radical (unpaired) electrons. The van der Waals surface area contributed by atoms with Crippen molar-refractivity contribution in [3.63, 3.8) is 0 Å². The lowest BCUT2D eigenvalue weighted by atomic mass is 10.1. The second-order valence-corrected chi connectivity index (χ2v) is 4.59. The highest BCUT2D eigenvalue weighted by Crippen LogP contribution is 2.21. The van der Waals surface area contributed by atoms with Crippen LogP contribution in [0.3, 0.4) is 0 Å². The standard InChI is InChI=1S/C17H20N2O3/c1-3-22-16-11-13(17(20)21-2)9-10-14(16)12-18-19-15-7-5-4-6-8-15/h4-11,18-19H,3,12H2,1-2H3. The molecule has 5 nitrogen and oxygen atoms in total. The number of hydrogen-bond acceptors (Lipinski definition) is 5. The van der Waals surface area contributed by atoms with Gasteiger partial charge in [-0.2, -0.15) is 0 Å². The van der Waals surface area contributed by atoms with E-state index in [0.29, 0.717) is 24.5 Å². The van der Waals surface area contributed by atoms with Crippen LogP contribution in [0.5, 0.6) is 5.75 Å². The fourth-order valence-electron chi connectivity index (χ4n) is 2.00. The second kappa shape index (κ2) is 8.05. The lowest BCUT2D eigenvalue weighted by molar-refractivity contribution is 0.0600. The molecule has 2 rings (SSSR count). The molecule has 5 heteroatoms. The van der Waals surface area contributed by atoms with Crippen LogP contribution >= 0.6 is 0 Å². The van der Waals surface area contributed by atoms with Gasteiger partial charge in [-0.15, -0.1) is 0 Å². The van der Waals surface area contributed by atoms with Crippen molar-refractivity contribution in [2.24, 2.45) is 0 Å². The van der Waals surface area contributed by atoms with Gasteiger partial charge in [-0.1, -0.05) is 24.3 Å². The van der Waals surface area contributed by atoms with Gasteiger partial charge in [0.15, 0.2) is 0 Å². The van der Waals surface area contributed by atoms with Crippen molar-refractivity contribution in [2.75, 3.05) is 19.1 Å². The molecule has 0 aliphatic rings. The number of nitrogens with one attached hydrogen (secondary N) is 2. The zero-order chi connectivity index (χ0) is 15.8. The van der Waals surface area contributed by atoms with Gasteiger partial charge in [0.25, 0.3) is 0 Å². The third-order valence-corrected chi connectivity index (χ3v) is 3.07. The Bertz CT molecular complexity index is 615. The first kappa shape index (κ1) is 15.9. The van der Waals surface area contributed by atoms with Crippen molar-refractivity contribution < 1.29 is 14.3 Å². The fraction of sp³-hybridized carbons (Fsp3) is 0.235. The smallest absolute Gasteiger partial charge is 0.337 e. The monoisotopic (exact) mass is 300 g/mol. The summed E-state index contributed by atoms with van der Waals surface area (Å²) in [5, 5.41) is 0. The van der Waals surface area contributed by atoms with Crippen molar-refractivity contribution in [1.82, 2.24) is 5.43 Å². The Balaban J connectivity index is 2.04. The van der Waals surface area contributed by atoms with Crippen molar-refractivity contribution in [2.45, 2.75) is 13.5 Å². The lowest BCUT2D eigenvalue weighted by Crippen LogP contribution is -2.21. The fourth-order valence-corrected chi connectivity index (χ4v) is 2.00. The number of benzene rings is 2. The summed E-state index contributed by atoms with van der Waals surface area (Å²) >= 11 is 0. The van der Waals surface area contributed by atoms with Crippen LogP contribution in [-0.2, 0) is 11.3 Å². The van der Waals surface area contributed by atoms with Crippen molar-refractivity contribution in [3.8, 4) is 5.75 Å². The van der Waals surface area contributed by atoms with Crippen LogP contribution in [-0.4, -0.2) is 19.7 Å². The van der Waals surface area contributed by atoms with Crippen LogP contribution in [0.25, 0.3) is 0 Å². The first-order valence-corrected chi connectivity index (χ1v) is 7.12. The molecule has 116 valence electrons. The largest absolute Gasteiger partial charge is 0.494 e. The van der Waals surface area contributed by atoms with E-state index in [1.54, 1.807) is 12.1 Å². The molecule has 0 atom stereocenters. The molecule has 0 saturated heterocycles. The van der Waals surface area contributed by atoms with Gasteiger partial charge < -0.3 is 14.9 Å². The molecule has 0 fully saturated rings. The summed E-state index contributed by atoms with van der Waals surface area (Å²) in [6, 6.07) is 15.1. The van der Waals surface area contributed by atoms with E-state index in [2.05, 4.69) is 10.9 Å². The van der Waals surface area contributed by atoms with E-state index in [4.69, 9.17) is 9.47 Å². The first-order valence-electron chi connectivity index (χ1n) is 7.12. The van der Waals surface area contributed by atoms with Crippen LogP contribution in [0, 0.1) is 0 Å². The van der Waals surface area contributed by atoms with Crippen LogP contribution in [0.15, 0.2) is 48.5 Å². The van der Waals surface area contributed by atoms with Gasteiger partial charge in [0.05, 0.1) is 19.3 Å². The number of anilines is 1. The van der Waals surface area contributed by atoms with Gasteiger partial charge in [-0.3, -0.25) is 0 Å². The number of methoxy groups -OCH3 is 1.